The highest BCUT2D eigenvalue weighted by atomic mass is 35.5. The molecular weight excluding hydrogens is 388 g/mol. The summed E-state index contributed by atoms with van der Waals surface area (Å²) in [6, 6.07) is 5.56. The Morgan fingerprint density at radius 3 is 2.79 bits per heavy atom. The van der Waals surface area contributed by atoms with Gasteiger partial charge in [0.1, 0.15) is 17.4 Å². The number of aryl methyl sites for hydroxylation is 3. The predicted molar refractivity (Wildman–Crippen MR) is 116 cm³/mol. The zero-order valence-corrected chi connectivity index (χ0v) is 17.9. The second-order valence-corrected chi connectivity index (χ2v) is 8.15. The summed E-state index contributed by atoms with van der Waals surface area (Å²) >= 11 is 6.19. The number of rotatable bonds is 3. The van der Waals surface area contributed by atoms with Gasteiger partial charge in [0.2, 0.25) is 11.6 Å². The molecule has 1 aliphatic rings. The minimum absolute atomic E-state index is 0.0159. The summed E-state index contributed by atoms with van der Waals surface area (Å²) in [6.07, 6.45) is 1.77. The van der Waals surface area contributed by atoms with Gasteiger partial charge in [0.15, 0.2) is 0 Å². The van der Waals surface area contributed by atoms with Crippen LogP contribution in [0.4, 0.5) is 11.5 Å². The van der Waals surface area contributed by atoms with Gasteiger partial charge < -0.3 is 14.6 Å². The van der Waals surface area contributed by atoms with Crippen LogP contribution in [0.1, 0.15) is 35.6 Å². The third kappa shape index (κ3) is 3.69. The van der Waals surface area contributed by atoms with Crippen molar-refractivity contribution in [3.05, 3.63) is 45.9 Å². The maximum absolute atomic E-state index is 13.0. The highest BCUT2D eigenvalue weighted by Crippen LogP contribution is 2.33. The lowest BCUT2D eigenvalue weighted by Gasteiger charge is -2.33. The first-order valence-electron chi connectivity index (χ1n) is 9.90. The fraction of sp³-hybridized carbons (Fsp3) is 0.409. The van der Waals surface area contributed by atoms with E-state index in [1.165, 1.54) is 0 Å². The molecule has 1 aromatic carbocycles. The first-order valence-corrected chi connectivity index (χ1v) is 10.3. The molecule has 0 spiro atoms. The van der Waals surface area contributed by atoms with E-state index in [1.807, 2.05) is 45.9 Å². The molecule has 2 aromatic heterocycles. The molecule has 29 heavy (non-hydrogen) atoms. The molecule has 6 nitrogen and oxygen atoms in total. The normalized spacial score (nSPS) is 17.0. The van der Waals surface area contributed by atoms with E-state index in [9.17, 15) is 4.79 Å². The molecule has 152 valence electrons. The van der Waals surface area contributed by atoms with E-state index in [4.69, 9.17) is 21.0 Å². The number of nitrogens with zero attached hydrogens (tertiary/aromatic N) is 3. The largest absolute Gasteiger partial charge is 0.443 e. The fourth-order valence-corrected chi connectivity index (χ4v) is 4.10. The highest BCUT2D eigenvalue weighted by molar-refractivity contribution is 6.31. The monoisotopic (exact) mass is 412 g/mol. The van der Waals surface area contributed by atoms with Crippen LogP contribution < -0.4 is 10.2 Å². The zero-order valence-electron chi connectivity index (χ0n) is 17.2. The number of furan rings is 1. The van der Waals surface area contributed by atoms with E-state index >= 15 is 0 Å². The van der Waals surface area contributed by atoms with Crippen molar-refractivity contribution in [2.45, 2.75) is 40.5 Å². The van der Waals surface area contributed by atoms with Gasteiger partial charge in [-0.1, -0.05) is 17.7 Å². The lowest BCUT2D eigenvalue weighted by atomic mass is 9.96. The van der Waals surface area contributed by atoms with Gasteiger partial charge in [-0.25, -0.2) is 4.98 Å². The number of halogens is 1. The van der Waals surface area contributed by atoms with Crippen LogP contribution in [0, 0.1) is 33.6 Å². The second kappa shape index (κ2) is 7.67. The van der Waals surface area contributed by atoms with E-state index in [0.717, 1.165) is 53.2 Å². The van der Waals surface area contributed by atoms with E-state index in [2.05, 4.69) is 15.2 Å². The molecule has 0 bridgehead atoms. The van der Waals surface area contributed by atoms with Crippen molar-refractivity contribution in [3.63, 3.8) is 0 Å². The number of aromatic nitrogens is 2. The molecule has 0 aliphatic carbocycles. The van der Waals surface area contributed by atoms with Gasteiger partial charge >= 0.3 is 0 Å². The molecule has 1 saturated heterocycles. The summed E-state index contributed by atoms with van der Waals surface area (Å²) in [7, 11) is 0. The molecule has 0 radical (unpaired) electrons. The number of benzene rings is 1. The fourth-order valence-electron chi connectivity index (χ4n) is 3.92. The Morgan fingerprint density at radius 1 is 1.21 bits per heavy atom. The van der Waals surface area contributed by atoms with Gasteiger partial charge in [0.25, 0.3) is 0 Å². The standard InChI is InChI=1S/C22H25ClN4O2/c1-12-14(3)29-22-19(12)20(24-15(4)25-22)27-10-6-7-16(11-27)21(28)26-18-9-5-8-17(23)13(18)2/h5,8-9,16H,6-7,10-11H2,1-4H3,(H,26,28). The quantitative estimate of drug-likeness (QED) is 0.657. The number of hydrogen-bond acceptors (Lipinski definition) is 5. The number of carbonyl (C=O) groups is 1. The molecule has 1 amide bonds. The average Bonchev–Trinajstić information content (AvgIpc) is 2.98. The third-order valence-corrected chi connectivity index (χ3v) is 6.15. The summed E-state index contributed by atoms with van der Waals surface area (Å²) in [5.74, 6) is 2.27. The second-order valence-electron chi connectivity index (χ2n) is 7.74. The Kier molecular flexibility index (Phi) is 5.21. The Labute approximate surface area is 175 Å². The first-order chi connectivity index (χ1) is 13.8. The molecule has 7 heteroatoms. The van der Waals surface area contributed by atoms with Crippen LogP contribution in [0.25, 0.3) is 11.1 Å². The summed E-state index contributed by atoms with van der Waals surface area (Å²) < 4.78 is 5.82. The minimum Gasteiger partial charge on any atom is -0.443 e. The molecule has 4 rings (SSSR count). The van der Waals surface area contributed by atoms with E-state index in [1.54, 1.807) is 0 Å². The van der Waals surface area contributed by atoms with E-state index < -0.39 is 0 Å². The maximum atomic E-state index is 13.0. The lowest BCUT2D eigenvalue weighted by Crippen LogP contribution is -2.41. The summed E-state index contributed by atoms with van der Waals surface area (Å²) in [6.45, 7) is 9.22. The van der Waals surface area contributed by atoms with Crippen molar-refractivity contribution in [2.75, 3.05) is 23.3 Å². The topological polar surface area (TPSA) is 71.3 Å². The molecule has 1 unspecified atom stereocenters. The van der Waals surface area contributed by atoms with Crippen LogP contribution in [-0.4, -0.2) is 29.0 Å². The lowest BCUT2D eigenvalue weighted by molar-refractivity contribution is -0.120. The van der Waals surface area contributed by atoms with Gasteiger partial charge in [-0.3, -0.25) is 4.79 Å². The molecule has 1 N–H and O–H groups in total. The summed E-state index contributed by atoms with van der Waals surface area (Å²) in [5, 5.41) is 4.65. The summed E-state index contributed by atoms with van der Waals surface area (Å²) in [5.41, 5.74) is 3.31. The Bertz CT molecular complexity index is 1090. The van der Waals surface area contributed by atoms with Gasteiger partial charge in [-0.05, 0) is 58.2 Å². The third-order valence-electron chi connectivity index (χ3n) is 5.74. The maximum Gasteiger partial charge on any atom is 0.231 e. The number of nitrogens with one attached hydrogen (secondary N) is 1. The smallest absolute Gasteiger partial charge is 0.231 e. The van der Waals surface area contributed by atoms with Crippen LogP contribution in [-0.2, 0) is 4.79 Å². The molecule has 3 heterocycles. The summed E-state index contributed by atoms with van der Waals surface area (Å²) in [4.78, 5) is 24.3. The number of fused-ring (bicyclic) bond motifs is 1. The van der Waals surface area contributed by atoms with Crippen molar-refractivity contribution in [1.82, 2.24) is 9.97 Å². The average molecular weight is 413 g/mol. The van der Waals surface area contributed by atoms with Crippen molar-refractivity contribution >= 4 is 40.1 Å². The Hall–Kier alpha value is -2.60. The van der Waals surface area contributed by atoms with Crippen LogP contribution in [0.15, 0.2) is 22.6 Å². The number of carbonyl (C=O) groups excluding carboxylic acids is 1. The van der Waals surface area contributed by atoms with Gasteiger partial charge in [0.05, 0.1) is 11.3 Å². The number of anilines is 2. The number of amides is 1. The predicted octanol–water partition coefficient (Wildman–Crippen LogP) is 4.96. The van der Waals surface area contributed by atoms with Crippen molar-refractivity contribution in [1.29, 1.82) is 0 Å². The highest BCUT2D eigenvalue weighted by Gasteiger charge is 2.29. The zero-order chi connectivity index (χ0) is 20.7. The minimum atomic E-state index is -0.124. The Morgan fingerprint density at radius 2 is 2.00 bits per heavy atom. The van der Waals surface area contributed by atoms with Crippen LogP contribution in [0.2, 0.25) is 5.02 Å². The number of hydrogen-bond donors (Lipinski definition) is 1. The van der Waals surface area contributed by atoms with E-state index in [0.29, 0.717) is 23.1 Å². The molecule has 1 aliphatic heterocycles. The molecule has 0 saturated carbocycles. The molecule has 1 fully saturated rings. The first kappa shape index (κ1) is 19.7. The molecular formula is C22H25ClN4O2. The van der Waals surface area contributed by atoms with Gasteiger partial charge in [-0.2, -0.15) is 4.98 Å². The van der Waals surface area contributed by atoms with E-state index in [-0.39, 0.29) is 11.8 Å². The Balaban J connectivity index is 1.60. The van der Waals surface area contributed by atoms with Gasteiger partial charge in [0, 0.05) is 29.4 Å². The number of piperidine rings is 1. The SMILES string of the molecule is Cc1nc(N2CCCC(C(=O)Nc3cccc(Cl)c3C)C2)c2c(C)c(C)oc2n1. The van der Waals surface area contributed by atoms with Crippen LogP contribution >= 0.6 is 11.6 Å². The van der Waals surface area contributed by atoms with Crippen LogP contribution in [0.3, 0.4) is 0 Å². The van der Waals surface area contributed by atoms with Crippen molar-refractivity contribution < 1.29 is 9.21 Å². The van der Waals surface area contributed by atoms with Crippen LogP contribution in [0.5, 0.6) is 0 Å². The van der Waals surface area contributed by atoms with Gasteiger partial charge in [-0.15, -0.1) is 0 Å². The molecule has 3 aromatic rings. The van der Waals surface area contributed by atoms with Crippen molar-refractivity contribution in [2.24, 2.45) is 5.92 Å². The molecule has 1 atom stereocenters. The van der Waals surface area contributed by atoms with Crippen molar-refractivity contribution in [3.8, 4) is 0 Å².